The van der Waals surface area contributed by atoms with Gasteiger partial charge in [-0.1, -0.05) is 12.1 Å². The number of hydrogen-bond donors (Lipinski definition) is 2. The van der Waals surface area contributed by atoms with Crippen LogP contribution in [0.3, 0.4) is 0 Å². The Kier molecular flexibility index (Phi) is 3.47. The van der Waals surface area contributed by atoms with Gasteiger partial charge in [0, 0.05) is 12.0 Å². The minimum Gasteiger partial charge on any atom is -0.475 e. The topological polar surface area (TPSA) is 84.3 Å². The number of benzene rings is 1. The standard InChI is InChI=1S/C15H17N3O3/c1-15(7-4-8-21-9-15)18-12-10-5-2-3-6-11(10)16-13(17-12)14(19)20/h2-3,5-6H,4,7-9H2,1H3,(H,19,20)(H,16,17,18). The van der Waals surface area contributed by atoms with Crippen LogP contribution in [-0.4, -0.2) is 39.8 Å². The van der Waals surface area contributed by atoms with Crippen molar-refractivity contribution in [3.63, 3.8) is 0 Å². The van der Waals surface area contributed by atoms with Gasteiger partial charge in [-0.25, -0.2) is 14.8 Å². The average molecular weight is 287 g/mol. The number of ether oxygens (including phenoxy) is 1. The molecule has 1 aliphatic heterocycles. The second-order valence-corrected chi connectivity index (χ2v) is 5.56. The number of carboxylic acid groups (broad SMARTS) is 1. The van der Waals surface area contributed by atoms with E-state index in [4.69, 9.17) is 9.84 Å². The molecule has 0 spiro atoms. The Morgan fingerprint density at radius 1 is 1.38 bits per heavy atom. The molecule has 6 nitrogen and oxygen atoms in total. The molecule has 21 heavy (non-hydrogen) atoms. The fourth-order valence-corrected chi connectivity index (χ4v) is 2.59. The van der Waals surface area contributed by atoms with Crippen LogP contribution >= 0.6 is 0 Å². The van der Waals surface area contributed by atoms with E-state index >= 15 is 0 Å². The van der Waals surface area contributed by atoms with E-state index in [-0.39, 0.29) is 11.4 Å². The average Bonchev–Trinajstić information content (AvgIpc) is 2.47. The molecule has 1 aromatic carbocycles. The number of nitrogens with one attached hydrogen (secondary N) is 1. The molecule has 1 fully saturated rings. The first kappa shape index (κ1) is 13.8. The maximum absolute atomic E-state index is 11.2. The molecule has 2 heterocycles. The van der Waals surface area contributed by atoms with Crippen LogP contribution < -0.4 is 5.32 Å². The number of carboxylic acids is 1. The van der Waals surface area contributed by atoms with Gasteiger partial charge in [-0.2, -0.15) is 0 Å². The summed E-state index contributed by atoms with van der Waals surface area (Å²) in [4.78, 5) is 19.4. The van der Waals surface area contributed by atoms with Crippen molar-refractivity contribution in [2.24, 2.45) is 0 Å². The second kappa shape index (κ2) is 5.29. The van der Waals surface area contributed by atoms with Gasteiger partial charge in [-0.3, -0.25) is 0 Å². The van der Waals surface area contributed by atoms with Crippen LogP contribution in [0.4, 0.5) is 5.82 Å². The summed E-state index contributed by atoms with van der Waals surface area (Å²) in [7, 11) is 0. The minimum atomic E-state index is -1.13. The molecule has 6 heteroatoms. The van der Waals surface area contributed by atoms with Gasteiger partial charge in [0.05, 0.1) is 17.7 Å². The number of hydrogen-bond acceptors (Lipinski definition) is 5. The summed E-state index contributed by atoms with van der Waals surface area (Å²) < 4.78 is 5.52. The summed E-state index contributed by atoms with van der Waals surface area (Å²) >= 11 is 0. The SMILES string of the molecule is CC1(Nc2nc(C(=O)O)nc3ccccc23)CCCOC1. The second-order valence-electron chi connectivity index (χ2n) is 5.56. The normalized spacial score (nSPS) is 22.1. The molecule has 1 aliphatic rings. The molecule has 1 aromatic heterocycles. The van der Waals surface area contributed by atoms with Crippen LogP contribution in [0.5, 0.6) is 0 Å². The molecule has 1 atom stereocenters. The highest BCUT2D eigenvalue weighted by Crippen LogP contribution is 2.27. The van der Waals surface area contributed by atoms with Crippen molar-refractivity contribution in [1.29, 1.82) is 0 Å². The monoisotopic (exact) mass is 287 g/mol. The highest BCUT2D eigenvalue weighted by molar-refractivity contribution is 5.93. The van der Waals surface area contributed by atoms with Gasteiger partial charge in [0.2, 0.25) is 5.82 Å². The van der Waals surface area contributed by atoms with Crippen molar-refractivity contribution in [3.8, 4) is 0 Å². The highest BCUT2D eigenvalue weighted by Gasteiger charge is 2.29. The minimum absolute atomic E-state index is 0.198. The Morgan fingerprint density at radius 2 is 2.19 bits per heavy atom. The Bertz CT molecular complexity index is 681. The summed E-state index contributed by atoms with van der Waals surface area (Å²) in [5.41, 5.74) is 0.373. The first-order valence-electron chi connectivity index (χ1n) is 6.93. The van der Waals surface area contributed by atoms with E-state index in [1.54, 1.807) is 6.07 Å². The smallest absolute Gasteiger partial charge is 0.374 e. The molecule has 110 valence electrons. The molecular weight excluding hydrogens is 270 g/mol. The maximum atomic E-state index is 11.2. The van der Waals surface area contributed by atoms with Crippen LogP contribution in [0.25, 0.3) is 10.9 Å². The largest absolute Gasteiger partial charge is 0.475 e. The quantitative estimate of drug-likeness (QED) is 0.901. The first-order chi connectivity index (χ1) is 10.1. The number of fused-ring (bicyclic) bond motifs is 1. The summed E-state index contributed by atoms with van der Waals surface area (Å²) in [5.74, 6) is -0.781. The van der Waals surface area contributed by atoms with Gasteiger partial charge < -0.3 is 15.2 Å². The number of para-hydroxylation sites is 1. The lowest BCUT2D eigenvalue weighted by atomic mass is 9.95. The fourth-order valence-electron chi connectivity index (χ4n) is 2.59. The molecule has 1 unspecified atom stereocenters. The van der Waals surface area contributed by atoms with E-state index in [2.05, 4.69) is 22.2 Å². The van der Waals surface area contributed by atoms with Gasteiger partial charge in [-0.15, -0.1) is 0 Å². The Labute approximate surface area is 122 Å². The Hall–Kier alpha value is -2.21. The third-order valence-corrected chi connectivity index (χ3v) is 3.65. The van der Waals surface area contributed by atoms with E-state index < -0.39 is 5.97 Å². The van der Waals surface area contributed by atoms with Crippen LogP contribution in [0, 0.1) is 0 Å². The number of nitrogens with zero attached hydrogens (tertiary/aromatic N) is 2. The Balaban J connectivity index is 2.05. The zero-order valence-corrected chi connectivity index (χ0v) is 11.8. The molecule has 0 amide bonds. The van der Waals surface area contributed by atoms with E-state index in [1.165, 1.54) is 0 Å². The van der Waals surface area contributed by atoms with Crippen molar-refractivity contribution < 1.29 is 14.6 Å². The predicted molar refractivity (Wildman–Crippen MR) is 78.6 cm³/mol. The summed E-state index contributed by atoms with van der Waals surface area (Å²) in [5, 5.41) is 13.3. The van der Waals surface area contributed by atoms with E-state index in [9.17, 15) is 4.79 Å². The summed E-state index contributed by atoms with van der Waals surface area (Å²) in [6.07, 6.45) is 1.92. The van der Waals surface area contributed by atoms with Crippen molar-refractivity contribution in [2.75, 3.05) is 18.5 Å². The number of carbonyl (C=O) groups is 1. The van der Waals surface area contributed by atoms with E-state index in [0.29, 0.717) is 17.9 Å². The van der Waals surface area contributed by atoms with Crippen LogP contribution in [-0.2, 0) is 4.74 Å². The molecule has 0 saturated carbocycles. The van der Waals surface area contributed by atoms with Crippen LogP contribution in [0.2, 0.25) is 0 Å². The lowest BCUT2D eigenvalue weighted by Gasteiger charge is -2.35. The maximum Gasteiger partial charge on any atom is 0.374 e. The molecule has 1 saturated heterocycles. The van der Waals surface area contributed by atoms with Gasteiger partial charge in [0.15, 0.2) is 0 Å². The number of aromatic nitrogens is 2. The molecule has 0 radical (unpaired) electrons. The molecule has 0 bridgehead atoms. The molecular formula is C15H17N3O3. The van der Waals surface area contributed by atoms with Crippen LogP contribution in [0.15, 0.2) is 24.3 Å². The van der Waals surface area contributed by atoms with E-state index in [1.807, 2.05) is 18.2 Å². The van der Waals surface area contributed by atoms with Gasteiger partial charge >= 0.3 is 5.97 Å². The van der Waals surface area contributed by atoms with Crippen molar-refractivity contribution in [2.45, 2.75) is 25.3 Å². The lowest BCUT2D eigenvalue weighted by molar-refractivity contribution is 0.0539. The Morgan fingerprint density at radius 3 is 2.90 bits per heavy atom. The predicted octanol–water partition coefficient (Wildman–Crippen LogP) is 2.31. The zero-order valence-electron chi connectivity index (χ0n) is 11.8. The third kappa shape index (κ3) is 2.80. The molecule has 2 N–H and O–H groups in total. The van der Waals surface area contributed by atoms with Gasteiger partial charge in [-0.05, 0) is 31.9 Å². The fraction of sp³-hybridized carbons (Fsp3) is 0.400. The third-order valence-electron chi connectivity index (χ3n) is 3.65. The molecule has 3 rings (SSSR count). The summed E-state index contributed by atoms with van der Waals surface area (Å²) in [6.45, 7) is 3.40. The first-order valence-corrected chi connectivity index (χ1v) is 6.93. The van der Waals surface area contributed by atoms with E-state index in [0.717, 1.165) is 24.8 Å². The van der Waals surface area contributed by atoms with Crippen LogP contribution in [0.1, 0.15) is 30.4 Å². The van der Waals surface area contributed by atoms with Gasteiger partial charge in [0.1, 0.15) is 5.82 Å². The van der Waals surface area contributed by atoms with Crippen molar-refractivity contribution in [3.05, 3.63) is 30.1 Å². The van der Waals surface area contributed by atoms with Gasteiger partial charge in [0.25, 0.3) is 0 Å². The number of anilines is 1. The zero-order chi connectivity index (χ0) is 14.9. The molecule has 0 aliphatic carbocycles. The highest BCUT2D eigenvalue weighted by atomic mass is 16.5. The van der Waals surface area contributed by atoms with Crippen molar-refractivity contribution in [1.82, 2.24) is 9.97 Å². The number of rotatable bonds is 3. The summed E-state index contributed by atoms with van der Waals surface area (Å²) in [6, 6.07) is 7.39. The molecule has 2 aromatic rings. The lowest BCUT2D eigenvalue weighted by Crippen LogP contribution is -2.43. The van der Waals surface area contributed by atoms with Crippen molar-refractivity contribution >= 4 is 22.7 Å². The number of aromatic carboxylic acids is 1.